The van der Waals surface area contributed by atoms with Gasteiger partial charge in [0.2, 0.25) is 0 Å². The van der Waals surface area contributed by atoms with Crippen LogP contribution in [0.2, 0.25) is 10.2 Å². The van der Waals surface area contributed by atoms with Crippen molar-refractivity contribution in [2.45, 2.75) is 6.92 Å². The first-order chi connectivity index (χ1) is 9.97. The van der Waals surface area contributed by atoms with Crippen molar-refractivity contribution in [3.63, 3.8) is 0 Å². The third-order valence-corrected chi connectivity index (χ3v) is 3.72. The smallest absolute Gasteiger partial charge is 0.164 e. The Morgan fingerprint density at radius 2 is 1.76 bits per heavy atom. The molecule has 0 fully saturated rings. The first-order valence-electron chi connectivity index (χ1n) is 6.05. The minimum atomic E-state index is -0.745. The Bertz CT molecular complexity index is 866. The summed E-state index contributed by atoms with van der Waals surface area (Å²) in [5, 5.41) is 1.07. The maximum absolute atomic E-state index is 13.9. The lowest BCUT2D eigenvalue weighted by Crippen LogP contribution is -1.96. The summed E-state index contributed by atoms with van der Waals surface area (Å²) in [5.41, 5.74) is 1.46. The van der Waals surface area contributed by atoms with Gasteiger partial charge in [-0.15, -0.1) is 0 Å². The van der Waals surface area contributed by atoms with Crippen molar-refractivity contribution in [1.29, 1.82) is 0 Å². The molecule has 0 saturated carbocycles. The van der Waals surface area contributed by atoms with Gasteiger partial charge in [-0.1, -0.05) is 29.3 Å². The summed E-state index contributed by atoms with van der Waals surface area (Å²) in [6.07, 6.45) is 0. The number of nitrogens with zero attached hydrogens (tertiary/aromatic N) is 2. The van der Waals surface area contributed by atoms with E-state index in [1.807, 2.05) is 6.92 Å². The standard InChI is InChI=1S/C15H8Cl2F2N2/c1-7-2-5-10(16)12-13(7)20-15(21-14(12)17)9-4-3-8(18)6-11(9)19/h2-6H,1H3. The van der Waals surface area contributed by atoms with Gasteiger partial charge >= 0.3 is 0 Å². The van der Waals surface area contributed by atoms with Crippen molar-refractivity contribution in [2.24, 2.45) is 0 Å². The largest absolute Gasteiger partial charge is 0.227 e. The Kier molecular flexibility index (Phi) is 3.51. The maximum Gasteiger partial charge on any atom is 0.164 e. The predicted octanol–water partition coefficient (Wildman–Crippen LogP) is 5.19. The third-order valence-electron chi connectivity index (χ3n) is 3.13. The lowest BCUT2D eigenvalue weighted by Gasteiger charge is -2.08. The second-order valence-electron chi connectivity index (χ2n) is 4.55. The molecule has 2 nitrogen and oxygen atoms in total. The molecule has 21 heavy (non-hydrogen) atoms. The van der Waals surface area contributed by atoms with Crippen LogP contribution in [-0.2, 0) is 0 Å². The number of aromatic nitrogens is 2. The fourth-order valence-corrected chi connectivity index (χ4v) is 2.64. The van der Waals surface area contributed by atoms with E-state index in [1.165, 1.54) is 6.07 Å². The highest BCUT2D eigenvalue weighted by molar-refractivity contribution is 6.41. The monoisotopic (exact) mass is 324 g/mol. The number of benzene rings is 2. The molecule has 2 aromatic carbocycles. The molecule has 1 aromatic heterocycles. The molecule has 3 rings (SSSR count). The van der Waals surface area contributed by atoms with Crippen LogP contribution in [0.4, 0.5) is 8.78 Å². The van der Waals surface area contributed by atoms with Crippen LogP contribution in [0.25, 0.3) is 22.3 Å². The molecule has 0 bridgehead atoms. The fraction of sp³-hybridized carbons (Fsp3) is 0.0667. The molecule has 0 aliphatic heterocycles. The van der Waals surface area contributed by atoms with Gasteiger partial charge in [0, 0.05) is 6.07 Å². The summed E-state index contributed by atoms with van der Waals surface area (Å²) in [4.78, 5) is 8.39. The Morgan fingerprint density at radius 3 is 2.48 bits per heavy atom. The van der Waals surface area contributed by atoms with Gasteiger partial charge in [-0.3, -0.25) is 0 Å². The van der Waals surface area contributed by atoms with E-state index in [0.717, 1.165) is 17.7 Å². The van der Waals surface area contributed by atoms with Gasteiger partial charge in [0.05, 0.1) is 21.5 Å². The van der Waals surface area contributed by atoms with E-state index in [4.69, 9.17) is 23.2 Å². The molecule has 0 aliphatic rings. The van der Waals surface area contributed by atoms with Gasteiger partial charge in [0.25, 0.3) is 0 Å². The topological polar surface area (TPSA) is 25.8 Å². The zero-order valence-electron chi connectivity index (χ0n) is 10.8. The van der Waals surface area contributed by atoms with Gasteiger partial charge in [0.15, 0.2) is 5.82 Å². The Morgan fingerprint density at radius 1 is 1.00 bits per heavy atom. The van der Waals surface area contributed by atoms with E-state index in [0.29, 0.717) is 15.9 Å². The molecule has 3 aromatic rings. The molecule has 0 atom stereocenters. The van der Waals surface area contributed by atoms with Crippen molar-refractivity contribution in [3.05, 3.63) is 57.7 Å². The van der Waals surface area contributed by atoms with Crippen molar-refractivity contribution < 1.29 is 8.78 Å². The van der Waals surface area contributed by atoms with Crippen LogP contribution in [0, 0.1) is 18.6 Å². The molecule has 106 valence electrons. The highest BCUT2D eigenvalue weighted by Crippen LogP contribution is 2.32. The number of aryl methyl sites for hydroxylation is 1. The molecule has 6 heteroatoms. The average molecular weight is 325 g/mol. The van der Waals surface area contributed by atoms with Crippen LogP contribution in [0.15, 0.2) is 30.3 Å². The van der Waals surface area contributed by atoms with Gasteiger partial charge in [0.1, 0.15) is 16.8 Å². The van der Waals surface area contributed by atoms with Gasteiger partial charge < -0.3 is 0 Å². The quantitative estimate of drug-likeness (QED) is 0.575. The van der Waals surface area contributed by atoms with Crippen molar-refractivity contribution in [3.8, 4) is 11.4 Å². The van der Waals surface area contributed by atoms with Crippen molar-refractivity contribution in [2.75, 3.05) is 0 Å². The molecule has 0 unspecified atom stereocenters. The lowest BCUT2D eigenvalue weighted by atomic mass is 10.1. The Hall–Kier alpha value is -1.78. The summed E-state index contributed by atoms with van der Waals surface area (Å²) in [7, 11) is 0. The van der Waals surface area contributed by atoms with E-state index in [9.17, 15) is 8.78 Å². The van der Waals surface area contributed by atoms with E-state index in [-0.39, 0.29) is 16.5 Å². The number of hydrogen-bond donors (Lipinski definition) is 0. The molecular formula is C15H8Cl2F2N2. The molecule has 0 N–H and O–H groups in total. The number of rotatable bonds is 1. The molecule has 0 saturated heterocycles. The summed E-state index contributed by atoms with van der Waals surface area (Å²) in [6.45, 7) is 1.84. The summed E-state index contributed by atoms with van der Waals surface area (Å²) in [6, 6.07) is 6.69. The average Bonchev–Trinajstić information content (AvgIpc) is 2.42. The Labute approximate surface area is 129 Å². The predicted molar refractivity (Wildman–Crippen MR) is 79.6 cm³/mol. The molecule has 0 radical (unpaired) electrons. The van der Waals surface area contributed by atoms with E-state index in [1.54, 1.807) is 12.1 Å². The van der Waals surface area contributed by atoms with E-state index >= 15 is 0 Å². The molecular weight excluding hydrogens is 317 g/mol. The Balaban J connectivity index is 2.33. The van der Waals surface area contributed by atoms with Crippen LogP contribution in [0.3, 0.4) is 0 Å². The number of halogens is 4. The zero-order chi connectivity index (χ0) is 15.1. The van der Waals surface area contributed by atoms with Crippen molar-refractivity contribution >= 4 is 34.1 Å². The highest BCUT2D eigenvalue weighted by atomic mass is 35.5. The summed E-state index contributed by atoms with van der Waals surface area (Å²) < 4.78 is 26.8. The minimum absolute atomic E-state index is 0.0829. The first-order valence-corrected chi connectivity index (χ1v) is 6.81. The second kappa shape index (κ2) is 5.20. The summed E-state index contributed by atoms with van der Waals surface area (Å²) >= 11 is 12.2. The fourth-order valence-electron chi connectivity index (χ4n) is 2.08. The normalized spacial score (nSPS) is 11.1. The number of hydrogen-bond acceptors (Lipinski definition) is 2. The SMILES string of the molecule is Cc1ccc(Cl)c2c(Cl)nc(-c3ccc(F)cc3F)nc12. The molecule has 0 spiro atoms. The molecule has 1 heterocycles. The van der Waals surface area contributed by atoms with Crippen molar-refractivity contribution in [1.82, 2.24) is 9.97 Å². The lowest BCUT2D eigenvalue weighted by molar-refractivity contribution is 0.585. The van der Waals surface area contributed by atoms with Crippen LogP contribution >= 0.6 is 23.2 Å². The third kappa shape index (κ3) is 2.45. The minimum Gasteiger partial charge on any atom is -0.227 e. The van der Waals surface area contributed by atoms with Crippen LogP contribution in [0.1, 0.15) is 5.56 Å². The van der Waals surface area contributed by atoms with E-state index < -0.39 is 11.6 Å². The van der Waals surface area contributed by atoms with Crippen LogP contribution in [0.5, 0.6) is 0 Å². The molecule has 0 amide bonds. The van der Waals surface area contributed by atoms with Gasteiger partial charge in [-0.2, -0.15) is 0 Å². The maximum atomic E-state index is 13.9. The highest BCUT2D eigenvalue weighted by Gasteiger charge is 2.15. The van der Waals surface area contributed by atoms with E-state index in [2.05, 4.69) is 9.97 Å². The first kappa shape index (κ1) is 14.2. The van der Waals surface area contributed by atoms with Crippen LogP contribution < -0.4 is 0 Å². The second-order valence-corrected chi connectivity index (χ2v) is 5.32. The zero-order valence-corrected chi connectivity index (χ0v) is 12.3. The number of fused-ring (bicyclic) bond motifs is 1. The molecule has 0 aliphatic carbocycles. The summed E-state index contributed by atoms with van der Waals surface area (Å²) in [5.74, 6) is -1.32. The van der Waals surface area contributed by atoms with Gasteiger partial charge in [-0.25, -0.2) is 18.7 Å². The van der Waals surface area contributed by atoms with Crippen LogP contribution in [-0.4, -0.2) is 9.97 Å². The van der Waals surface area contributed by atoms with Gasteiger partial charge in [-0.05, 0) is 30.7 Å².